The van der Waals surface area contributed by atoms with Gasteiger partial charge < -0.3 is 29.3 Å². The van der Waals surface area contributed by atoms with E-state index in [1.165, 1.54) is 0 Å². The van der Waals surface area contributed by atoms with Crippen LogP contribution in [-0.4, -0.2) is 77.2 Å². The zero-order chi connectivity index (χ0) is 37.9. The van der Waals surface area contributed by atoms with Gasteiger partial charge in [-0.25, -0.2) is 4.39 Å². The van der Waals surface area contributed by atoms with Gasteiger partial charge in [-0.15, -0.1) is 6.58 Å². The smallest absolute Gasteiger partial charge is 0.265 e. The molecule has 0 bridgehead atoms. The number of ether oxygens (including phenoxy) is 2. The number of fused-ring (bicyclic) bond motifs is 5. The van der Waals surface area contributed by atoms with E-state index in [1.807, 2.05) is 84.6 Å². The molecule has 1 saturated carbocycles. The topological polar surface area (TPSA) is 134 Å². The lowest BCUT2D eigenvalue weighted by Gasteiger charge is -2.51. The molecule has 3 aliphatic carbocycles. The first kappa shape index (κ1) is 35.8. The molecular weight excluding hydrogens is 691 g/mol. The minimum Gasteiger partial charge on any atom is -0.486 e. The predicted octanol–water partition coefficient (Wildman–Crippen LogP) is 5.74. The molecule has 6 unspecified atom stereocenters. The van der Waals surface area contributed by atoms with Crippen molar-refractivity contribution in [3.63, 3.8) is 0 Å². The maximum Gasteiger partial charge on any atom is 0.265 e. The number of halogens is 1. The number of aromatic nitrogens is 1. The van der Waals surface area contributed by atoms with E-state index in [1.54, 1.807) is 13.1 Å². The predicted molar refractivity (Wildman–Crippen MR) is 197 cm³/mol. The van der Waals surface area contributed by atoms with E-state index in [4.69, 9.17) is 14.0 Å². The summed E-state index contributed by atoms with van der Waals surface area (Å²) >= 11 is 0. The first-order valence-electron chi connectivity index (χ1n) is 18.3. The lowest BCUT2D eigenvalue weighted by Crippen LogP contribution is -2.66. The molecule has 0 saturated heterocycles. The summed E-state index contributed by atoms with van der Waals surface area (Å²) in [5.74, 6) is -6.00. The van der Waals surface area contributed by atoms with Crippen molar-refractivity contribution < 1.29 is 37.9 Å². The summed E-state index contributed by atoms with van der Waals surface area (Å²) < 4.78 is 35.3. The second-order valence-electron chi connectivity index (χ2n) is 15.0. The largest absolute Gasteiger partial charge is 0.486 e. The molecule has 1 fully saturated rings. The molecule has 0 spiro atoms. The number of hydrogen-bond donors (Lipinski definition) is 2. The molecular formula is C42H43FN4O7. The zero-order valence-electron chi connectivity index (χ0n) is 30.5. The van der Waals surface area contributed by atoms with Gasteiger partial charge in [-0.2, -0.15) is 0 Å². The number of Topliss-reactive ketones (excluding diaryl/α,β-unsaturated/α-hetero) is 3. The molecule has 4 aromatic rings. The van der Waals surface area contributed by atoms with Crippen molar-refractivity contribution in [3.8, 4) is 11.6 Å². The number of ketones is 3. The number of carbonyl (C=O) groups excluding carboxylic acids is 3. The summed E-state index contributed by atoms with van der Waals surface area (Å²) in [6.07, 6.45) is 2.39. The fourth-order valence-corrected chi connectivity index (χ4v) is 9.15. The highest BCUT2D eigenvalue weighted by atomic mass is 19.1. The van der Waals surface area contributed by atoms with Crippen LogP contribution >= 0.6 is 0 Å². The van der Waals surface area contributed by atoms with Crippen LogP contribution in [0.15, 0.2) is 77.8 Å². The van der Waals surface area contributed by atoms with Crippen LogP contribution in [0.4, 0.5) is 10.1 Å². The second-order valence-corrected chi connectivity index (χ2v) is 15.0. The molecule has 280 valence electrons. The fraction of sp³-hybridized carbons (Fsp3) is 0.381. The summed E-state index contributed by atoms with van der Waals surface area (Å²) in [5, 5.41) is 20.0. The third-order valence-corrected chi connectivity index (χ3v) is 11.7. The number of nitrogens with one attached hydrogen (secondary N) is 1. The number of likely N-dealkylation sites (N-methyl/N-ethyl adjacent to an activating group) is 1. The number of rotatable bonds is 10. The Balaban J connectivity index is 1.23. The maximum atomic E-state index is 17.1. The first-order valence-corrected chi connectivity index (χ1v) is 18.3. The standard InChI is InChI=1S/C42H43FN4O7/c1-5-18-47(4)35-27-20-25-19-26-30(37(52-21-23-12-8-6-9-13-23)34-31(33(26)43)28(46(2)3)16-17-44-34)36(48)29(25)39(49)42(27,51)40(50)32-38(35)54-45-41(32)53-22-24-14-10-7-11-15-24/h5-15,25,27-29,35,44,51H,1,16-22H2,2-4H3. The molecule has 0 radical (unpaired) electrons. The monoisotopic (exact) mass is 734 g/mol. The molecule has 54 heavy (non-hydrogen) atoms. The van der Waals surface area contributed by atoms with Crippen LogP contribution in [0.5, 0.6) is 11.6 Å². The normalized spacial score (nSPS) is 25.6. The minimum absolute atomic E-state index is 0.0214. The molecule has 0 amide bonds. The van der Waals surface area contributed by atoms with Crippen molar-refractivity contribution >= 4 is 23.0 Å². The van der Waals surface area contributed by atoms with Crippen molar-refractivity contribution in [2.75, 3.05) is 39.5 Å². The Morgan fingerprint density at radius 3 is 2.33 bits per heavy atom. The first-order chi connectivity index (χ1) is 26.1. The molecule has 2 N–H and O–H groups in total. The summed E-state index contributed by atoms with van der Waals surface area (Å²) in [7, 11) is 5.55. The number of aliphatic hydroxyl groups is 1. The van der Waals surface area contributed by atoms with Gasteiger partial charge in [0, 0.05) is 36.2 Å². The van der Waals surface area contributed by atoms with E-state index in [-0.39, 0.29) is 66.2 Å². The highest BCUT2D eigenvalue weighted by Crippen LogP contribution is 2.57. The number of nitrogens with zero attached hydrogens (tertiary/aromatic N) is 3. The van der Waals surface area contributed by atoms with E-state index >= 15 is 4.39 Å². The molecule has 8 rings (SSSR count). The highest BCUT2D eigenvalue weighted by molar-refractivity contribution is 6.27. The van der Waals surface area contributed by atoms with Crippen LogP contribution < -0.4 is 14.8 Å². The molecule has 11 nitrogen and oxygen atoms in total. The Kier molecular flexibility index (Phi) is 9.23. The van der Waals surface area contributed by atoms with Crippen molar-refractivity contribution in [3.05, 3.63) is 118 Å². The highest BCUT2D eigenvalue weighted by Gasteiger charge is 2.67. The van der Waals surface area contributed by atoms with Gasteiger partial charge in [0.1, 0.15) is 24.6 Å². The van der Waals surface area contributed by atoms with E-state index in [0.29, 0.717) is 30.8 Å². The Hall–Kier alpha value is -5.17. The Morgan fingerprint density at radius 2 is 1.69 bits per heavy atom. The molecule has 4 aliphatic rings. The number of carbonyl (C=O) groups is 3. The van der Waals surface area contributed by atoms with Gasteiger partial charge in [-0.3, -0.25) is 19.3 Å². The van der Waals surface area contributed by atoms with Crippen LogP contribution in [-0.2, 0) is 24.4 Å². The van der Waals surface area contributed by atoms with Crippen LogP contribution in [0.1, 0.15) is 73.7 Å². The molecule has 1 aliphatic heterocycles. The molecule has 2 heterocycles. The van der Waals surface area contributed by atoms with Gasteiger partial charge in [-0.05, 0) is 62.6 Å². The summed E-state index contributed by atoms with van der Waals surface area (Å²) in [5.41, 5.74) is -0.135. The van der Waals surface area contributed by atoms with Crippen LogP contribution in [0.25, 0.3) is 0 Å². The second kappa shape index (κ2) is 13.9. The molecule has 3 aromatic carbocycles. The third kappa shape index (κ3) is 5.57. The Labute approximate surface area is 312 Å². The van der Waals surface area contributed by atoms with Crippen molar-refractivity contribution in [1.82, 2.24) is 15.0 Å². The Bertz CT molecular complexity index is 2140. The third-order valence-electron chi connectivity index (χ3n) is 11.7. The van der Waals surface area contributed by atoms with Crippen molar-refractivity contribution in [2.45, 2.75) is 50.2 Å². The van der Waals surface area contributed by atoms with Gasteiger partial charge in [-0.1, -0.05) is 66.7 Å². The lowest BCUT2D eigenvalue weighted by atomic mass is 9.54. The van der Waals surface area contributed by atoms with Crippen LogP contribution in [0.2, 0.25) is 0 Å². The fourth-order valence-electron chi connectivity index (χ4n) is 9.15. The quantitative estimate of drug-likeness (QED) is 0.153. The SMILES string of the molecule is C=CCN(C)C1c2onc(OCc3ccccc3)c2C(=O)C2(O)C(=O)C3C(=O)c4c(c(F)c5c(c4OCc4ccccc4)NCCC5N(C)C)CC3CC12. The minimum atomic E-state index is -2.62. The van der Waals surface area contributed by atoms with E-state index in [2.05, 4.69) is 17.1 Å². The summed E-state index contributed by atoms with van der Waals surface area (Å²) in [6.45, 7) is 4.84. The zero-order valence-corrected chi connectivity index (χ0v) is 30.5. The van der Waals surface area contributed by atoms with Gasteiger partial charge in [0.05, 0.1) is 23.2 Å². The molecule has 6 atom stereocenters. The summed E-state index contributed by atoms with van der Waals surface area (Å²) in [4.78, 5) is 48.2. The number of hydrogen-bond acceptors (Lipinski definition) is 11. The number of benzene rings is 3. The van der Waals surface area contributed by atoms with Gasteiger partial charge in [0.25, 0.3) is 5.88 Å². The van der Waals surface area contributed by atoms with Gasteiger partial charge in [0.15, 0.2) is 28.7 Å². The van der Waals surface area contributed by atoms with E-state index in [9.17, 15) is 19.5 Å². The Morgan fingerprint density at radius 1 is 1.02 bits per heavy atom. The van der Waals surface area contributed by atoms with Crippen molar-refractivity contribution in [1.29, 1.82) is 0 Å². The van der Waals surface area contributed by atoms with Gasteiger partial charge in [0.2, 0.25) is 5.78 Å². The van der Waals surface area contributed by atoms with Crippen molar-refractivity contribution in [2.24, 2.45) is 17.8 Å². The van der Waals surface area contributed by atoms with Crippen LogP contribution in [0.3, 0.4) is 0 Å². The number of anilines is 1. The lowest BCUT2D eigenvalue weighted by molar-refractivity contribution is -0.154. The van der Waals surface area contributed by atoms with E-state index < -0.39 is 52.6 Å². The van der Waals surface area contributed by atoms with E-state index in [0.717, 1.165) is 11.1 Å². The average Bonchev–Trinajstić information content (AvgIpc) is 3.59. The molecule has 1 aromatic heterocycles. The van der Waals surface area contributed by atoms with Crippen LogP contribution in [0, 0.1) is 23.6 Å². The average molecular weight is 735 g/mol. The summed E-state index contributed by atoms with van der Waals surface area (Å²) in [6, 6.07) is 17.6. The maximum absolute atomic E-state index is 17.1. The van der Waals surface area contributed by atoms with Gasteiger partial charge >= 0.3 is 0 Å². The molecule has 12 heteroatoms.